The third-order valence-electron chi connectivity index (χ3n) is 7.05. The normalized spacial score (nSPS) is 19.3. The van der Waals surface area contributed by atoms with Crippen LogP contribution < -0.4 is 4.90 Å². The molecular weight excluding hydrogens is 573 g/mol. The van der Waals surface area contributed by atoms with Gasteiger partial charge in [0.25, 0.3) is 0 Å². The fourth-order valence-electron chi connectivity index (χ4n) is 5.03. The molecule has 0 unspecified atom stereocenters. The molecule has 2 fully saturated rings. The van der Waals surface area contributed by atoms with Gasteiger partial charge in [0.05, 0.1) is 17.3 Å². The molecule has 8 nitrogen and oxygen atoms in total. The van der Waals surface area contributed by atoms with Crippen LogP contribution in [-0.4, -0.2) is 89.0 Å². The first-order valence-corrected chi connectivity index (χ1v) is 14.6. The second kappa shape index (κ2) is 14.8. The van der Waals surface area contributed by atoms with Crippen molar-refractivity contribution in [2.45, 2.75) is 42.7 Å². The number of nitriles is 1. The highest BCUT2D eigenvalue weighted by atomic mass is 35.6. The van der Waals surface area contributed by atoms with Crippen molar-refractivity contribution in [1.29, 1.82) is 5.26 Å². The van der Waals surface area contributed by atoms with E-state index >= 15 is 0 Å². The van der Waals surface area contributed by atoms with E-state index in [9.17, 15) is 14.9 Å². The number of piperazine rings is 1. The van der Waals surface area contributed by atoms with E-state index in [4.69, 9.17) is 39.5 Å². The predicted molar refractivity (Wildman–Crippen MR) is 160 cm³/mol. The molecule has 0 bridgehead atoms. The van der Waals surface area contributed by atoms with E-state index in [2.05, 4.69) is 15.9 Å². The summed E-state index contributed by atoms with van der Waals surface area (Å²) in [5, 5.41) is 9.46. The summed E-state index contributed by atoms with van der Waals surface area (Å²) in [4.78, 5) is 34.1. The first kappa shape index (κ1) is 31.8. The predicted octanol–water partition coefficient (Wildman–Crippen LogP) is 5.31. The van der Waals surface area contributed by atoms with Crippen LogP contribution in [0.4, 0.5) is 10.5 Å². The summed E-state index contributed by atoms with van der Waals surface area (Å²) in [6, 6.07) is 19.1. The number of para-hydroxylation sites is 1. The van der Waals surface area contributed by atoms with Crippen LogP contribution in [0.1, 0.15) is 31.4 Å². The van der Waals surface area contributed by atoms with Crippen LogP contribution in [0, 0.1) is 11.3 Å². The number of ether oxygens (including phenoxy) is 1. The molecule has 0 N–H and O–H groups in total. The van der Waals surface area contributed by atoms with Crippen molar-refractivity contribution in [2.75, 3.05) is 51.3 Å². The van der Waals surface area contributed by atoms with Gasteiger partial charge in [-0.1, -0.05) is 91.1 Å². The molecule has 2 heterocycles. The van der Waals surface area contributed by atoms with Gasteiger partial charge in [-0.25, -0.2) is 4.79 Å². The molecule has 2 aliphatic rings. The average Bonchev–Trinajstić information content (AvgIpc) is 3.39. The monoisotopic (exact) mass is 607 g/mol. The molecule has 2 aliphatic heterocycles. The number of carbonyl (C=O) groups excluding carboxylic acids is 2. The summed E-state index contributed by atoms with van der Waals surface area (Å²) in [6.45, 7) is 7.13. The Morgan fingerprint density at radius 1 is 1.02 bits per heavy atom. The lowest BCUT2D eigenvalue weighted by Gasteiger charge is -2.38. The van der Waals surface area contributed by atoms with Gasteiger partial charge in [0, 0.05) is 52.4 Å². The number of nitrogens with zero attached hydrogens (tertiary/aromatic N) is 5. The maximum Gasteiger partial charge on any atom is 0.409 e. The van der Waals surface area contributed by atoms with Crippen molar-refractivity contribution in [3.63, 3.8) is 0 Å². The molecule has 0 aliphatic carbocycles. The molecule has 11 heteroatoms. The third-order valence-corrected chi connectivity index (χ3v) is 7.37. The van der Waals surface area contributed by atoms with Gasteiger partial charge >= 0.3 is 6.09 Å². The van der Waals surface area contributed by atoms with Gasteiger partial charge in [-0.05, 0) is 24.1 Å². The second-order valence-corrected chi connectivity index (χ2v) is 12.1. The van der Waals surface area contributed by atoms with Crippen LogP contribution >= 0.6 is 34.8 Å². The summed E-state index contributed by atoms with van der Waals surface area (Å²) in [5.74, 6) is 0.0414. The maximum atomic E-state index is 13.8. The summed E-state index contributed by atoms with van der Waals surface area (Å²) >= 11 is 17.2. The second-order valence-electron chi connectivity index (χ2n) is 9.54. The quantitative estimate of drug-likeness (QED) is 0.414. The maximum absolute atomic E-state index is 13.8. The van der Waals surface area contributed by atoms with Crippen molar-refractivity contribution in [3.05, 3.63) is 65.7 Å². The minimum atomic E-state index is -1.69. The van der Waals surface area contributed by atoms with Gasteiger partial charge in [-0.3, -0.25) is 9.69 Å². The van der Waals surface area contributed by atoms with Crippen molar-refractivity contribution in [2.24, 2.45) is 0 Å². The van der Waals surface area contributed by atoms with Crippen LogP contribution in [0.3, 0.4) is 0 Å². The van der Waals surface area contributed by atoms with Gasteiger partial charge in [0.1, 0.15) is 12.7 Å². The number of alkyl halides is 3. The van der Waals surface area contributed by atoms with Gasteiger partial charge in [-0.2, -0.15) is 5.26 Å². The van der Waals surface area contributed by atoms with Gasteiger partial charge in [0.15, 0.2) is 0 Å². The van der Waals surface area contributed by atoms with Crippen molar-refractivity contribution in [3.8, 4) is 6.07 Å². The van der Waals surface area contributed by atoms with Crippen LogP contribution in [0.25, 0.3) is 0 Å². The SMILES string of the molecule is CC.CN(C(=O)OCC(Cl)(Cl)Cl)[C@H]1C[C@@H](C(=O)N2CCN(c3ccccc3C#N)CC2)N(Cc2ccccc2)C1. The average molecular weight is 609 g/mol. The van der Waals surface area contributed by atoms with E-state index in [1.165, 1.54) is 4.90 Å². The first-order chi connectivity index (χ1) is 19.2. The van der Waals surface area contributed by atoms with Crippen LogP contribution in [0.5, 0.6) is 0 Å². The fourth-order valence-corrected chi connectivity index (χ4v) is 5.19. The number of hydrogen-bond donors (Lipinski definition) is 0. The number of anilines is 1. The fraction of sp³-hybridized carbons (Fsp3) is 0.483. The Labute approximate surface area is 251 Å². The van der Waals surface area contributed by atoms with E-state index in [-0.39, 0.29) is 24.6 Å². The largest absolute Gasteiger partial charge is 0.445 e. The molecule has 2 saturated heterocycles. The molecule has 2 amide bonds. The molecule has 216 valence electrons. The zero-order valence-electron chi connectivity index (χ0n) is 23.1. The minimum absolute atomic E-state index is 0.0414. The Morgan fingerprint density at radius 3 is 2.27 bits per heavy atom. The van der Waals surface area contributed by atoms with Gasteiger partial charge in [0.2, 0.25) is 9.70 Å². The lowest BCUT2D eigenvalue weighted by Crippen LogP contribution is -2.53. The molecule has 2 atom stereocenters. The molecule has 4 rings (SSSR count). The van der Waals surface area contributed by atoms with Crippen molar-refractivity contribution >= 4 is 52.5 Å². The molecule has 40 heavy (non-hydrogen) atoms. The van der Waals surface area contributed by atoms with E-state index in [0.29, 0.717) is 51.3 Å². The Morgan fingerprint density at radius 2 is 1.65 bits per heavy atom. The third kappa shape index (κ3) is 8.40. The molecule has 2 aromatic rings. The van der Waals surface area contributed by atoms with Crippen LogP contribution in [-0.2, 0) is 16.1 Å². The zero-order chi connectivity index (χ0) is 29.3. The van der Waals surface area contributed by atoms with E-state index in [1.807, 2.05) is 73.3 Å². The molecule has 0 saturated carbocycles. The molecule has 0 spiro atoms. The van der Waals surface area contributed by atoms with E-state index in [1.54, 1.807) is 7.05 Å². The summed E-state index contributed by atoms with van der Waals surface area (Å²) in [5.41, 5.74) is 2.61. The van der Waals surface area contributed by atoms with Crippen LogP contribution in [0.2, 0.25) is 0 Å². The Kier molecular flexibility index (Phi) is 11.8. The highest BCUT2D eigenvalue weighted by Crippen LogP contribution is 2.29. The number of amides is 2. The highest BCUT2D eigenvalue weighted by Gasteiger charge is 2.42. The van der Waals surface area contributed by atoms with Crippen LogP contribution in [0.15, 0.2) is 54.6 Å². The number of carbonyl (C=O) groups is 2. The summed E-state index contributed by atoms with van der Waals surface area (Å²) < 4.78 is 3.47. The smallest absolute Gasteiger partial charge is 0.409 e. The zero-order valence-corrected chi connectivity index (χ0v) is 25.4. The number of rotatable bonds is 6. The number of benzene rings is 2. The van der Waals surface area contributed by atoms with Crippen molar-refractivity contribution < 1.29 is 14.3 Å². The number of hydrogen-bond acceptors (Lipinski definition) is 6. The number of likely N-dealkylation sites (N-methyl/N-ethyl adjacent to an activating group) is 1. The lowest BCUT2D eigenvalue weighted by molar-refractivity contribution is -0.136. The summed E-state index contributed by atoms with van der Waals surface area (Å²) in [7, 11) is 1.64. The Bertz CT molecular complexity index is 1160. The van der Waals surface area contributed by atoms with E-state index < -0.39 is 9.89 Å². The standard InChI is InChI=1S/C27H30Cl3N5O3.C2H6/c1-32(26(37)38-19-27(28,29)30)22-15-24(35(18-22)17-20-7-3-2-4-8-20)25(36)34-13-11-33(12-14-34)23-10-6-5-9-21(23)16-31;1-2/h2-10,22,24H,11-15,17-19H2,1H3;1-2H3/t22-,24-;/m0./s1. The number of halogens is 3. The summed E-state index contributed by atoms with van der Waals surface area (Å²) in [6.07, 6.45) is -0.124. The molecule has 0 aromatic heterocycles. The molecule has 0 radical (unpaired) electrons. The molecular formula is C29H36Cl3N5O3. The van der Waals surface area contributed by atoms with Gasteiger partial charge < -0.3 is 19.4 Å². The highest BCUT2D eigenvalue weighted by molar-refractivity contribution is 6.67. The van der Waals surface area contributed by atoms with Crippen molar-refractivity contribution in [1.82, 2.24) is 14.7 Å². The van der Waals surface area contributed by atoms with Gasteiger partial charge in [-0.15, -0.1) is 0 Å². The molecule has 2 aromatic carbocycles. The first-order valence-electron chi connectivity index (χ1n) is 13.4. The Hall–Kier alpha value is -2.70. The lowest BCUT2D eigenvalue weighted by atomic mass is 10.1. The minimum Gasteiger partial charge on any atom is -0.445 e. The number of likely N-dealkylation sites (tertiary alicyclic amines) is 1. The topological polar surface area (TPSA) is 80.1 Å². The van der Waals surface area contributed by atoms with E-state index in [0.717, 1.165) is 11.3 Å². The Balaban J connectivity index is 0.00000216.